The SMILES string of the molecule is C=CCC(OC(C)C)(C(=O)c1ccccc1)c1ccccc1. The monoisotopic (exact) mass is 294 g/mol. The van der Waals surface area contributed by atoms with E-state index < -0.39 is 5.60 Å². The number of carbonyl (C=O) groups excluding carboxylic acids is 1. The maximum Gasteiger partial charge on any atom is 0.199 e. The lowest BCUT2D eigenvalue weighted by Gasteiger charge is -2.34. The van der Waals surface area contributed by atoms with E-state index in [1.807, 2.05) is 74.5 Å². The van der Waals surface area contributed by atoms with E-state index in [1.54, 1.807) is 6.08 Å². The van der Waals surface area contributed by atoms with Crippen LogP contribution in [0.2, 0.25) is 0 Å². The van der Waals surface area contributed by atoms with Gasteiger partial charge in [-0.2, -0.15) is 0 Å². The zero-order valence-electron chi connectivity index (χ0n) is 13.2. The first kappa shape index (κ1) is 16.2. The first-order valence-electron chi connectivity index (χ1n) is 7.54. The van der Waals surface area contributed by atoms with Gasteiger partial charge in [0.2, 0.25) is 0 Å². The third-order valence-electron chi connectivity index (χ3n) is 3.51. The predicted molar refractivity (Wildman–Crippen MR) is 89.9 cm³/mol. The van der Waals surface area contributed by atoms with Crippen LogP contribution in [0.25, 0.3) is 0 Å². The van der Waals surface area contributed by atoms with Crippen LogP contribution in [0.5, 0.6) is 0 Å². The lowest BCUT2D eigenvalue weighted by molar-refractivity contribution is -0.0596. The molecule has 2 aromatic carbocycles. The van der Waals surface area contributed by atoms with Crippen LogP contribution in [0.1, 0.15) is 36.2 Å². The van der Waals surface area contributed by atoms with Crippen molar-refractivity contribution in [1.82, 2.24) is 0 Å². The molecule has 0 aliphatic rings. The van der Waals surface area contributed by atoms with E-state index >= 15 is 0 Å². The van der Waals surface area contributed by atoms with Crippen molar-refractivity contribution in [2.75, 3.05) is 0 Å². The van der Waals surface area contributed by atoms with Crippen LogP contribution in [0, 0.1) is 0 Å². The van der Waals surface area contributed by atoms with Crippen molar-refractivity contribution in [3.05, 3.63) is 84.4 Å². The van der Waals surface area contributed by atoms with E-state index in [9.17, 15) is 4.79 Å². The molecule has 0 amide bonds. The van der Waals surface area contributed by atoms with E-state index in [4.69, 9.17) is 4.74 Å². The molecule has 0 heterocycles. The number of carbonyl (C=O) groups is 1. The summed E-state index contributed by atoms with van der Waals surface area (Å²) in [6, 6.07) is 18.9. The van der Waals surface area contributed by atoms with Crippen LogP contribution in [-0.4, -0.2) is 11.9 Å². The normalized spacial score (nSPS) is 13.6. The number of ketones is 1. The summed E-state index contributed by atoms with van der Waals surface area (Å²) in [4.78, 5) is 13.2. The summed E-state index contributed by atoms with van der Waals surface area (Å²) in [7, 11) is 0. The van der Waals surface area contributed by atoms with Crippen LogP contribution in [0.15, 0.2) is 73.3 Å². The Labute approximate surface area is 132 Å². The molecule has 2 heteroatoms. The second kappa shape index (κ2) is 7.19. The predicted octanol–water partition coefficient (Wildman–Crippen LogP) is 4.77. The molecule has 0 fully saturated rings. The number of rotatable bonds is 7. The third kappa shape index (κ3) is 3.34. The van der Waals surface area contributed by atoms with Crippen molar-refractivity contribution < 1.29 is 9.53 Å². The number of Topliss-reactive ketones (excluding diaryl/α,β-unsaturated/α-hetero) is 1. The van der Waals surface area contributed by atoms with Gasteiger partial charge < -0.3 is 4.74 Å². The van der Waals surface area contributed by atoms with Gasteiger partial charge in [-0.15, -0.1) is 6.58 Å². The van der Waals surface area contributed by atoms with Gasteiger partial charge in [0.15, 0.2) is 11.4 Å². The summed E-state index contributed by atoms with van der Waals surface area (Å²) < 4.78 is 6.16. The Balaban J connectivity index is 2.57. The van der Waals surface area contributed by atoms with Crippen molar-refractivity contribution in [2.24, 2.45) is 0 Å². The Morgan fingerprint density at radius 3 is 2.14 bits per heavy atom. The van der Waals surface area contributed by atoms with Gasteiger partial charge in [-0.3, -0.25) is 4.79 Å². The fourth-order valence-corrected chi connectivity index (χ4v) is 2.65. The number of hydrogen-bond donors (Lipinski definition) is 0. The van der Waals surface area contributed by atoms with Crippen molar-refractivity contribution in [3.63, 3.8) is 0 Å². The minimum absolute atomic E-state index is 0.0344. The van der Waals surface area contributed by atoms with E-state index in [0.717, 1.165) is 5.56 Å². The van der Waals surface area contributed by atoms with Crippen LogP contribution < -0.4 is 0 Å². The lowest BCUT2D eigenvalue weighted by Crippen LogP contribution is -2.40. The first-order valence-corrected chi connectivity index (χ1v) is 7.54. The average molecular weight is 294 g/mol. The quantitative estimate of drug-likeness (QED) is 0.543. The standard InChI is InChI=1S/C20H22O2/c1-4-15-20(22-16(2)3,18-13-9-6-10-14-18)19(21)17-11-7-5-8-12-17/h4-14,16H,1,15H2,2-3H3. The molecular formula is C20H22O2. The Kier molecular flexibility index (Phi) is 5.29. The van der Waals surface area contributed by atoms with Crippen LogP contribution in [0.4, 0.5) is 0 Å². The fourth-order valence-electron chi connectivity index (χ4n) is 2.65. The summed E-state index contributed by atoms with van der Waals surface area (Å²) in [6.45, 7) is 7.71. The van der Waals surface area contributed by atoms with Gasteiger partial charge in [0, 0.05) is 12.0 Å². The van der Waals surface area contributed by atoms with Gasteiger partial charge in [0.25, 0.3) is 0 Å². The molecule has 0 aliphatic carbocycles. The molecule has 0 radical (unpaired) electrons. The molecule has 1 atom stereocenters. The van der Waals surface area contributed by atoms with Crippen molar-refractivity contribution >= 4 is 5.78 Å². The highest BCUT2D eigenvalue weighted by molar-refractivity contribution is 6.03. The zero-order valence-corrected chi connectivity index (χ0v) is 13.2. The van der Waals surface area contributed by atoms with Gasteiger partial charge in [0.05, 0.1) is 6.10 Å². The highest BCUT2D eigenvalue weighted by atomic mass is 16.5. The van der Waals surface area contributed by atoms with Crippen LogP contribution in [0.3, 0.4) is 0 Å². The number of benzene rings is 2. The molecule has 2 rings (SSSR count). The van der Waals surface area contributed by atoms with Gasteiger partial charge in [0.1, 0.15) is 0 Å². The molecule has 0 N–H and O–H groups in total. The molecule has 0 spiro atoms. The highest BCUT2D eigenvalue weighted by Gasteiger charge is 2.41. The van der Waals surface area contributed by atoms with E-state index in [1.165, 1.54) is 0 Å². The molecule has 0 aliphatic heterocycles. The van der Waals surface area contributed by atoms with Gasteiger partial charge in [-0.25, -0.2) is 0 Å². The minimum Gasteiger partial charge on any atom is -0.359 e. The van der Waals surface area contributed by atoms with E-state index in [2.05, 4.69) is 6.58 Å². The molecular weight excluding hydrogens is 272 g/mol. The zero-order chi connectivity index (χ0) is 16.0. The van der Waals surface area contributed by atoms with Crippen molar-refractivity contribution in [3.8, 4) is 0 Å². The topological polar surface area (TPSA) is 26.3 Å². The summed E-state index contributed by atoms with van der Waals surface area (Å²) in [5.74, 6) is -0.0344. The Hall–Kier alpha value is -2.19. The molecule has 2 aromatic rings. The number of hydrogen-bond acceptors (Lipinski definition) is 2. The molecule has 0 bridgehead atoms. The largest absolute Gasteiger partial charge is 0.359 e. The van der Waals surface area contributed by atoms with Gasteiger partial charge in [-0.05, 0) is 19.4 Å². The molecule has 22 heavy (non-hydrogen) atoms. The Morgan fingerprint density at radius 2 is 1.64 bits per heavy atom. The summed E-state index contributed by atoms with van der Waals surface area (Å²) >= 11 is 0. The second-order valence-corrected chi connectivity index (χ2v) is 5.55. The summed E-state index contributed by atoms with van der Waals surface area (Å²) in [5, 5.41) is 0. The molecule has 1 unspecified atom stereocenters. The summed E-state index contributed by atoms with van der Waals surface area (Å²) in [5.41, 5.74) is 0.477. The summed E-state index contributed by atoms with van der Waals surface area (Å²) in [6.07, 6.45) is 2.10. The smallest absolute Gasteiger partial charge is 0.199 e. The second-order valence-electron chi connectivity index (χ2n) is 5.55. The minimum atomic E-state index is -1.03. The highest BCUT2D eigenvalue weighted by Crippen LogP contribution is 2.35. The third-order valence-corrected chi connectivity index (χ3v) is 3.51. The lowest BCUT2D eigenvalue weighted by atomic mass is 9.82. The molecule has 114 valence electrons. The van der Waals surface area contributed by atoms with Crippen molar-refractivity contribution in [1.29, 1.82) is 0 Å². The maximum atomic E-state index is 13.2. The van der Waals surface area contributed by atoms with Crippen LogP contribution in [-0.2, 0) is 10.3 Å². The number of ether oxygens (including phenoxy) is 1. The Morgan fingerprint density at radius 1 is 1.09 bits per heavy atom. The average Bonchev–Trinajstić information content (AvgIpc) is 2.55. The van der Waals surface area contributed by atoms with E-state index in [0.29, 0.717) is 12.0 Å². The fraction of sp³-hybridized carbons (Fsp3) is 0.250. The molecule has 0 aromatic heterocycles. The van der Waals surface area contributed by atoms with Crippen molar-refractivity contribution in [2.45, 2.75) is 32.0 Å². The van der Waals surface area contributed by atoms with Crippen LogP contribution >= 0.6 is 0 Å². The van der Waals surface area contributed by atoms with E-state index in [-0.39, 0.29) is 11.9 Å². The maximum absolute atomic E-state index is 13.2. The molecule has 0 saturated heterocycles. The van der Waals surface area contributed by atoms with Gasteiger partial charge in [-0.1, -0.05) is 66.7 Å². The molecule has 2 nitrogen and oxygen atoms in total. The first-order chi connectivity index (χ1) is 10.6. The molecule has 0 saturated carbocycles. The Bertz CT molecular complexity index is 617. The van der Waals surface area contributed by atoms with Gasteiger partial charge >= 0.3 is 0 Å².